The molecule has 0 aliphatic carbocycles. The molecule has 0 aliphatic heterocycles. The van der Waals surface area contributed by atoms with E-state index in [4.69, 9.17) is 9.47 Å². The number of guanidine groups is 1. The molecule has 8 nitrogen and oxygen atoms in total. The summed E-state index contributed by atoms with van der Waals surface area (Å²) >= 11 is 0. The molecule has 1 aromatic carbocycles. The Labute approximate surface area is 184 Å². The number of hydrogen-bond donors (Lipinski definition) is 3. The molecule has 0 atom stereocenters. The average Bonchev–Trinajstić information content (AvgIpc) is 2.72. The lowest BCUT2D eigenvalue weighted by molar-refractivity contribution is 0.0636. The fourth-order valence-electron chi connectivity index (χ4n) is 2.74. The highest BCUT2D eigenvalue weighted by atomic mass is 16.6. The predicted octanol–water partition coefficient (Wildman–Crippen LogP) is 3.74. The van der Waals surface area contributed by atoms with Crippen LogP contribution in [0.15, 0.2) is 47.6 Å². The number of carbonyl (C=O) groups is 1. The van der Waals surface area contributed by atoms with E-state index < -0.39 is 11.7 Å². The molecular weight excluding hydrogens is 394 g/mol. The zero-order chi connectivity index (χ0) is 22.7. The van der Waals surface area contributed by atoms with Gasteiger partial charge in [0.1, 0.15) is 5.60 Å². The smallest absolute Gasteiger partial charge is 0.412 e. The van der Waals surface area contributed by atoms with Crippen LogP contribution in [0.4, 0.5) is 10.5 Å². The first-order valence-corrected chi connectivity index (χ1v) is 10.4. The monoisotopic (exact) mass is 427 g/mol. The molecule has 0 bridgehead atoms. The van der Waals surface area contributed by atoms with E-state index in [2.05, 4.69) is 25.9 Å². The molecular formula is C23H33N5O3. The molecule has 0 saturated heterocycles. The summed E-state index contributed by atoms with van der Waals surface area (Å²) in [6, 6.07) is 11.5. The van der Waals surface area contributed by atoms with Crippen LogP contribution in [0.1, 0.15) is 38.8 Å². The Morgan fingerprint density at radius 3 is 2.52 bits per heavy atom. The molecule has 0 aliphatic rings. The predicted molar refractivity (Wildman–Crippen MR) is 124 cm³/mol. The Morgan fingerprint density at radius 1 is 1.13 bits per heavy atom. The molecule has 1 aromatic heterocycles. The number of anilines is 1. The zero-order valence-electron chi connectivity index (χ0n) is 19.0. The number of nitrogens with one attached hydrogen (secondary N) is 3. The molecule has 0 fully saturated rings. The van der Waals surface area contributed by atoms with Gasteiger partial charge in [-0.05, 0) is 57.9 Å². The van der Waals surface area contributed by atoms with Crippen LogP contribution in [0.25, 0.3) is 0 Å². The SMILES string of the molecule is CCNC(=NCc1cccnc1OC)NCCc1ccc(NC(=O)OC(C)(C)C)cc1. The van der Waals surface area contributed by atoms with Crippen molar-refractivity contribution in [3.05, 3.63) is 53.7 Å². The quantitative estimate of drug-likeness (QED) is 0.439. The maximum atomic E-state index is 11.9. The third kappa shape index (κ3) is 8.94. The van der Waals surface area contributed by atoms with Gasteiger partial charge >= 0.3 is 6.09 Å². The van der Waals surface area contributed by atoms with Crippen LogP contribution in [0.3, 0.4) is 0 Å². The van der Waals surface area contributed by atoms with Gasteiger partial charge in [0.2, 0.25) is 5.88 Å². The lowest BCUT2D eigenvalue weighted by atomic mass is 10.1. The molecule has 3 N–H and O–H groups in total. The minimum Gasteiger partial charge on any atom is -0.481 e. The molecule has 1 amide bonds. The van der Waals surface area contributed by atoms with Crippen molar-refractivity contribution in [2.45, 2.75) is 46.3 Å². The van der Waals surface area contributed by atoms with Gasteiger partial charge in [0.05, 0.1) is 13.7 Å². The summed E-state index contributed by atoms with van der Waals surface area (Å²) in [7, 11) is 1.60. The number of carbonyl (C=O) groups excluding carboxylic acids is 1. The van der Waals surface area contributed by atoms with Crippen LogP contribution in [0.5, 0.6) is 5.88 Å². The number of aromatic nitrogens is 1. The third-order valence-corrected chi connectivity index (χ3v) is 4.10. The number of aliphatic imine (C=N–C) groups is 1. The van der Waals surface area contributed by atoms with Crippen molar-refractivity contribution in [2.24, 2.45) is 4.99 Å². The average molecular weight is 428 g/mol. The zero-order valence-corrected chi connectivity index (χ0v) is 19.0. The van der Waals surface area contributed by atoms with E-state index in [-0.39, 0.29) is 0 Å². The van der Waals surface area contributed by atoms with Gasteiger partial charge in [-0.3, -0.25) is 5.32 Å². The number of rotatable bonds is 8. The molecule has 168 valence electrons. The maximum Gasteiger partial charge on any atom is 0.412 e. The summed E-state index contributed by atoms with van der Waals surface area (Å²) in [6.07, 6.45) is 2.05. The first-order chi connectivity index (χ1) is 14.8. The third-order valence-electron chi connectivity index (χ3n) is 4.10. The van der Waals surface area contributed by atoms with Gasteiger partial charge in [0.25, 0.3) is 0 Å². The van der Waals surface area contributed by atoms with E-state index in [0.29, 0.717) is 18.1 Å². The summed E-state index contributed by atoms with van der Waals surface area (Å²) in [5.41, 5.74) is 2.25. The summed E-state index contributed by atoms with van der Waals surface area (Å²) < 4.78 is 10.5. The second-order valence-corrected chi connectivity index (χ2v) is 7.87. The molecule has 8 heteroatoms. The lowest BCUT2D eigenvalue weighted by Gasteiger charge is -2.19. The summed E-state index contributed by atoms with van der Waals surface area (Å²) in [5.74, 6) is 1.32. The van der Waals surface area contributed by atoms with Crippen LogP contribution in [0, 0.1) is 0 Å². The van der Waals surface area contributed by atoms with Crippen molar-refractivity contribution >= 4 is 17.7 Å². The van der Waals surface area contributed by atoms with Gasteiger partial charge in [-0.1, -0.05) is 18.2 Å². The van der Waals surface area contributed by atoms with E-state index >= 15 is 0 Å². The van der Waals surface area contributed by atoms with E-state index in [0.717, 1.165) is 36.6 Å². The van der Waals surface area contributed by atoms with Crippen LogP contribution in [-0.4, -0.2) is 42.8 Å². The molecule has 0 unspecified atom stereocenters. The van der Waals surface area contributed by atoms with Gasteiger partial charge < -0.3 is 20.1 Å². The van der Waals surface area contributed by atoms with Crippen molar-refractivity contribution in [3.8, 4) is 5.88 Å². The van der Waals surface area contributed by atoms with E-state index in [9.17, 15) is 4.79 Å². The molecule has 1 heterocycles. The Morgan fingerprint density at radius 2 is 1.87 bits per heavy atom. The highest BCUT2D eigenvalue weighted by Gasteiger charge is 2.16. The number of amides is 1. The van der Waals surface area contributed by atoms with Crippen LogP contribution < -0.4 is 20.7 Å². The van der Waals surface area contributed by atoms with Crippen molar-refractivity contribution in [3.63, 3.8) is 0 Å². The summed E-state index contributed by atoms with van der Waals surface area (Å²) in [5, 5.41) is 9.32. The van der Waals surface area contributed by atoms with Crippen molar-refractivity contribution in [1.29, 1.82) is 0 Å². The normalized spacial score (nSPS) is 11.6. The maximum absolute atomic E-state index is 11.9. The van der Waals surface area contributed by atoms with Crippen LogP contribution in [0.2, 0.25) is 0 Å². The van der Waals surface area contributed by atoms with Gasteiger partial charge in [0, 0.05) is 30.5 Å². The fourth-order valence-corrected chi connectivity index (χ4v) is 2.74. The highest BCUT2D eigenvalue weighted by Crippen LogP contribution is 2.15. The summed E-state index contributed by atoms with van der Waals surface area (Å²) in [4.78, 5) is 20.7. The number of pyridine rings is 1. The fraction of sp³-hybridized carbons (Fsp3) is 0.435. The molecule has 2 aromatic rings. The molecule has 0 saturated carbocycles. The van der Waals surface area contributed by atoms with E-state index in [1.807, 2.05) is 64.1 Å². The first-order valence-electron chi connectivity index (χ1n) is 10.4. The van der Waals surface area contributed by atoms with Gasteiger partial charge in [-0.15, -0.1) is 0 Å². The minimum atomic E-state index is -0.524. The van der Waals surface area contributed by atoms with Gasteiger partial charge in [-0.25, -0.2) is 14.8 Å². The standard InChI is InChI=1S/C23H33N5O3/c1-6-24-21(27-16-18-8-7-14-25-20(18)30-5)26-15-13-17-9-11-19(12-10-17)28-22(29)31-23(2,3)4/h7-12,14H,6,13,15-16H2,1-5H3,(H,28,29)(H2,24,26,27). The summed E-state index contributed by atoms with van der Waals surface area (Å²) in [6.45, 7) is 9.48. The second-order valence-electron chi connectivity index (χ2n) is 7.87. The van der Waals surface area contributed by atoms with Crippen LogP contribution >= 0.6 is 0 Å². The Bertz CT molecular complexity index is 860. The topological polar surface area (TPSA) is 96.9 Å². The van der Waals surface area contributed by atoms with Gasteiger partial charge in [0.15, 0.2) is 5.96 Å². The molecule has 31 heavy (non-hydrogen) atoms. The molecule has 2 rings (SSSR count). The van der Waals surface area contributed by atoms with Crippen molar-refractivity contribution in [2.75, 3.05) is 25.5 Å². The van der Waals surface area contributed by atoms with E-state index in [1.54, 1.807) is 13.3 Å². The number of ether oxygens (including phenoxy) is 2. The number of methoxy groups -OCH3 is 1. The number of nitrogens with zero attached hydrogens (tertiary/aromatic N) is 2. The number of hydrogen-bond acceptors (Lipinski definition) is 5. The minimum absolute atomic E-state index is 0.460. The molecule has 0 spiro atoms. The first kappa shape index (κ1) is 24.0. The van der Waals surface area contributed by atoms with Gasteiger partial charge in [-0.2, -0.15) is 0 Å². The Kier molecular flexibility index (Phi) is 9.12. The lowest BCUT2D eigenvalue weighted by Crippen LogP contribution is -2.38. The Balaban J connectivity index is 1.86. The number of benzene rings is 1. The van der Waals surface area contributed by atoms with Crippen molar-refractivity contribution in [1.82, 2.24) is 15.6 Å². The van der Waals surface area contributed by atoms with Crippen molar-refractivity contribution < 1.29 is 14.3 Å². The molecule has 0 radical (unpaired) electrons. The largest absolute Gasteiger partial charge is 0.481 e. The second kappa shape index (κ2) is 11.8. The highest BCUT2D eigenvalue weighted by molar-refractivity contribution is 5.84. The van der Waals surface area contributed by atoms with Crippen LogP contribution in [-0.2, 0) is 17.7 Å². The van der Waals surface area contributed by atoms with E-state index in [1.165, 1.54) is 0 Å². The Hall–Kier alpha value is -3.29.